The molecular weight excluding hydrogens is 280 g/mol. The molecule has 11 heteroatoms. The third-order valence-corrected chi connectivity index (χ3v) is 2.70. The molecule has 7 N–H and O–H groups in total. The van der Waals surface area contributed by atoms with Crippen molar-refractivity contribution in [1.29, 1.82) is 10.8 Å². The molecule has 1 aliphatic rings. The second-order valence-electron chi connectivity index (χ2n) is 4.24. The average Bonchev–Trinajstić information content (AvgIpc) is 2.59. The summed E-state index contributed by atoms with van der Waals surface area (Å²) in [6.45, 7) is -0.481. The van der Waals surface area contributed by atoms with E-state index in [9.17, 15) is 13.9 Å². The number of hydrogen-bond acceptors (Lipinski definition) is 7. The number of guanidine groups is 1. The lowest BCUT2D eigenvalue weighted by Crippen LogP contribution is -2.47. The molecule has 0 aromatic rings. The van der Waals surface area contributed by atoms with Gasteiger partial charge >= 0.3 is 0 Å². The minimum atomic E-state index is -3.03. The first-order valence-corrected chi connectivity index (χ1v) is 5.39. The fourth-order valence-corrected chi connectivity index (χ4v) is 1.57. The van der Waals surface area contributed by atoms with Crippen molar-refractivity contribution in [1.82, 2.24) is 10.8 Å². The van der Waals surface area contributed by atoms with Gasteiger partial charge in [0.15, 0.2) is 18.0 Å². The average molecular weight is 295 g/mol. The second kappa shape index (κ2) is 5.75. The van der Waals surface area contributed by atoms with Crippen molar-refractivity contribution in [3.05, 3.63) is 0 Å². The molecule has 9 nitrogen and oxygen atoms in total. The highest BCUT2D eigenvalue weighted by Gasteiger charge is 2.63. The van der Waals surface area contributed by atoms with E-state index < -0.39 is 42.3 Å². The first-order chi connectivity index (χ1) is 9.21. The molecule has 0 aliphatic carbocycles. The van der Waals surface area contributed by atoms with E-state index in [2.05, 4.69) is 15.0 Å². The van der Waals surface area contributed by atoms with Crippen molar-refractivity contribution in [2.75, 3.05) is 6.61 Å². The van der Waals surface area contributed by atoms with Crippen LogP contribution in [0, 0.1) is 10.8 Å². The van der Waals surface area contributed by atoms with Crippen LogP contribution in [0.5, 0.6) is 0 Å². The van der Waals surface area contributed by atoms with E-state index in [1.807, 2.05) is 0 Å². The summed E-state index contributed by atoms with van der Waals surface area (Å²) < 4.78 is 32.6. The number of nitrogens with one attached hydrogen (secondary N) is 4. The number of rotatable bonds is 3. The second-order valence-corrected chi connectivity index (χ2v) is 4.24. The molecule has 1 rings (SSSR count). The molecule has 114 valence electrons. The minimum Gasteiger partial charge on any atom is -0.390 e. The van der Waals surface area contributed by atoms with Gasteiger partial charge in [0.25, 0.3) is 5.85 Å². The number of alkyl halides is 2. The summed E-state index contributed by atoms with van der Waals surface area (Å²) in [6, 6.07) is 0. The van der Waals surface area contributed by atoms with Gasteiger partial charge in [-0.3, -0.25) is 10.6 Å². The highest BCUT2D eigenvalue weighted by molar-refractivity contribution is 6.30. The van der Waals surface area contributed by atoms with Crippen LogP contribution in [-0.4, -0.2) is 63.9 Å². The van der Waals surface area contributed by atoms with Gasteiger partial charge in [0, 0.05) is 0 Å². The smallest absolute Gasteiger partial charge is 0.263 e. The lowest BCUT2D eigenvalue weighted by molar-refractivity contribution is -0.194. The van der Waals surface area contributed by atoms with Crippen LogP contribution in [0.15, 0.2) is 4.99 Å². The Balaban J connectivity index is 3.00. The summed E-state index contributed by atoms with van der Waals surface area (Å²) in [5, 5.41) is 43.0. The fraction of sp³-hybridized carbons (Fsp3) is 0.667. The van der Waals surface area contributed by atoms with E-state index >= 15 is 0 Å². The molecule has 4 atom stereocenters. The number of hydroxylamine groups is 1. The zero-order valence-electron chi connectivity index (χ0n) is 10.4. The maximum Gasteiger partial charge on any atom is 0.263 e. The number of aliphatic hydroxyl groups is 2. The summed E-state index contributed by atoms with van der Waals surface area (Å²) in [5.74, 6) is -4.13. The van der Waals surface area contributed by atoms with Gasteiger partial charge < -0.3 is 25.7 Å². The number of ether oxygens (including phenoxy) is 1. The fourth-order valence-electron chi connectivity index (χ4n) is 1.57. The van der Waals surface area contributed by atoms with Crippen LogP contribution in [0.1, 0.15) is 6.92 Å². The highest BCUT2D eigenvalue weighted by Crippen LogP contribution is 2.42. The van der Waals surface area contributed by atoms with Crippen LogP contribution >= 0.6 is 0 Å². The Morgan fingerprint density at radius 2 is 2.15 bits per heavy atom. The van der Waals surface area contributed by atoms with E-state index in [-0.39, 0.29) is 0 Å². The molecule has 0 aromatic carbocycles. The number of hydrogen-bond donors (Lipinski definition) is 7. The van der Waals surface area contributed by atoms with Gasteiger partial charge in [-0.05, 0) is 6.92 Å². The Kier molecular flexibility index (Phi) is 4.70. The number of halogens is 2. The lowest BCUT2D eigenvalue weighted by Gasteiger charge is -2.22. The maximum absolute atomic E-state index is 14.2. The SMILES string of the molecule is C[C@]1(F)[C@H](N=C(NO)NC(=N)C=N)O[C@](F)(CO)[C@H]1O. The van der Waals surface area contributed by atoms with Gasteiger partial charge in [-0.25, -0.2) is 19.3 Å². The molecule has 1 fully saturated rings. The molecule has 0 unspecified atom stereocenters. The van der Waals surface area contributed by atoms with Gasteiger partial charge in [0.05, 0.1) is 6.21 Å². The predicted molar refractivity (Wildman–Crippen MR) is 63.3 cm³/mol. The molecule has 0 radical (unpaired) electrons. The predicted octanol–water partition coefficient (Wildman–Crippen LogP) is -1.36. The molecule has 0 aromatic heterocycles. The Hall–Kier alpha value is -1.69. The van der Waals surface area contributed by atoms with Crippen molar-refractivity contribution in [3.63, 3.8) is 0 Å². The maximum atomic E-state index is 14.2. The molecule has 0 bridgehead atoms. The van der Waals surface area contributed by atoms with Gasteiger partial charge in [-0.2, -0.15) is 0 Å². The first-order valence-electron chi connectivity index (χ1n) is 5.39. The normalized spacial score (nSPS) is 37.6. The third-order valence-electron chi connectivity index (χ3n) is 2.70. The van der Waals surface area contributed by atoms with E-state index in [0.717, 1.165) is 6.92 Å². The topological polar surface area (TPSA) is 154 Å². The van der Waals surface area contributed by atoms with Crippen molar-refractivity contribution < 1.29 is 28.9 Å². The minimum absolute atomic E-state index is 0.502. The number of nitrogens with zero attached hydrogens (tertiary/aromatic N) is 1. The molecule has 0 saturated carbocycles. The van der Waals surface area contributed by atoms with E-state index in [4.69, 9.17) is 21.1 Å². The van der Waals surface area contributed by atoms with Gasteiger partial charge in [-0.15, -0.1) is 0 Å². The van der Waals surface area contributed by atoms with Crippen LogP contribution < -0.4 is 10.8 Å². The highest BCUT2D eigenvalue weighted by atomic mass is 19.2. The summed E-state index contributed by atoms with van der Waals surface area (Å²) in [4.78, 5) is 3.42. The zero-order chi connectivity index (χ0) is 15.6. The number of aliphatic imine (C=N–C) groups is 1. The molecule has 1 saturated heterocycles. The Morgan fingerprint density at radius 1 is 1.55 bits per heavy atom. The summed E-state index contributed by atoms with van der Waals surface area (Å²) in [7, 11) is 0. The van der Waals surface area contributed by atoms with Crippen LogP contribution in [0.25, 0.3) is 0 Å². The summed E-state index contributed by atoms with van der Waals surface area (Å²) in [5.41, 5.74) is -1.21. The molecular formula is C9H15F2N5O4. The van der Waals surface area contributed by atoms with E-state index in [1.54, 1.807) is 0 Å². The van der Waals surface area contributed by atoms with E-state index in [1.165, 1.54) is 5.48 Å². The summed E-state index contributed by atoms with van der Waals surface area (Å²) in [6.07, 6.45) is -3.62. The monoisotopic (exact) mass is 295 g/mol. The molecule has 1 heterocycles. The molecule has 20 heavy (non-hydrogen) atoms. The Bertz CT molecular complexity index is 433. The van der Waals surface area contributed by atoms with Gasteiger partial charge in [0.1, 0.15) is 12.4 Å². The van der Waals surface area contributed by atoms with Crippen LogP contribution in [0.2, 0.25) is 0 Å². The Labute approximate surface area is 112 Å². The van der Waals surface area contributed by atoms with Crippen LogP contribution in [0.4, 0.5) is 8.78 Å². The summed E-state index contributed by atoms with van der Waals surface area (Å²) >= 11 is 0. The van der Waals surface area contributed by atoms with Gasteiger partial charge in [-0.1, -0.05) is 0 Å². The van der Waals surface area contributed by atoms with Crippen molar-refractivity contribution >= 4 is 18.0 Å². The number of aliphatic hydroxyl groups excluding tert-OH is 2. The molecule has 0 amide bonds. The van der Waals surface area contributed by atoms with Crippen molar-refractivity contribution in [2.24, 2.45) is 4.99 Å². The van der Waals surface area contributed by atoms with E-state index in [0.29, 0.717) is 6.21 Å². The quantitative estimate of drug-likeness (QED) is 0.194. The van der Waals surface area contributed by atoms with Crippen LogP contribution in [0.3, 0.4) is 0 Å². The zero-order valence-corrected chi connectivity index (χ0v) is 10.4. The largest absolute Gasteiger partial charge is 0.390 e. The van der Waals surface area contributed by atoms with Crippen molar-refractivity contribution in [3.8, 4) is 0 Å². The van der Waals surface area contributed by atoms with Gasteiger partial charge in [0.2, 0.25) is 5.96 Å². The molecule has 0 spiro atoms. The molecule has 1 aliphatic heterocycles. The third kappa shape index (κ3) is 2.90. The van der Waals surface area contributed by atoms with Crippen molar-refractivity contribution in [2.45, 2.75) is 30.8 Å². The number of amidine groups is 1. The lowest BCUT2D eigenvalue weighted by atomic mass is 9.98. The first kappa shape index (κ1) is 16.4. The standard InChI is InChI=1S/C9H15F2N5O4/c1-8(10)5(18)9(11,3-17)20-6(8)15-7(16-19)14-4(13)2-12/h2,5-6,12,17-19H,3H2,1H3,(H3,13,14,15,16)/t5-,6+,8+,9+/m0/s1. The Morgan fingerprint density at radius 3 is 2.55 bits per heavy atom. The van der Waals surface area contributed by atoms with Crippen LogP contribution in [-0.2, 0) is 4.74 Å².